The zero-order chi connectivity index (χ0) is 8.69. The minimum absolute atomic E-state index is 0.125. The van der Waals surface area contributed by atoms with Crippen molar-refractivity contribution in [3.8, 4) is 0 Å². The van der Waals surface area contributed by atoms with Gasteiger partial charge in [0.1, 0.15) is 0 Å². The van der Waals surface area contributed by atoms with Gasteiger partial charge in [0.15, 0.2) is 5.78 Å². The van der Waals surface area contributed by atoms with Gasteiger partial charge < -0.3 is 5.32 Å². The Kier molecular flexibility index (Phi) is 5.53. The van der Waals surface area contributed by atoms with Crippen LogP contribution in [0, 0.1) is 0 Å². The number of Topliss-reactive ketones (excluding diaryl/α,β-unsaturated/α-hetero) is 1. The third kappa shape index (κ3) is 4.59. The first-order valence-electron chi connectivity index (χ1n) is 4.17. The van der Waals surface area contributed by atoms with Gasteiger partial charge in [-0.15, -0.1) is 0 Å². The van der Waals surface area contributed by atoms with Gasteiger partial charge in [-0.3, -0.25) is 4.79 Å². The number of nitrogens with one attached hydrogen (secondary N) is 1. The van der Waals surface area contributed by atoms with E-state index in [4.69, 9.17) is 0 Å². The van der Waals surface area contributed by atoms with Crippen molar-refractivity contribution in [1.82, 2.24) is 5.32 Å². The van der Waals surface area contributed by atoms with Crippen molar-refractivity contribution in [1.29, 1.82) is 0 Å². The fourth-order valence-electron chi connectivity index (χ4n) is 0.804. The molecule has 0 aromatic rings. The topological polar surface area (TPSA) is 29.1 Å². The minimum atomic E-state index is 0.125. The molecule has 0 saturated heterocycles. The van der Waals surface area contributed by atoms with E-state index >= 15 is 0 Å². The van der Waals surface area contributed by atoms with Crippen LogP contribution in [0.3, 0.4) is 0 Å². The second-order valence-corrected chi connectivity index (χ2v) is 2.51. The van der Waals surface area contributed by atoms with Gasteiger partial charge in [0.25, 0.3) is 0 Å². The highest BCUT2D eigenvalue weighted by atomic mass is 16.1. The Morgan fingerprint density at radius 3 is 2.45 bits per heavy atom. The second kappa shape index (κ2) is 5.96. The second-order valence-electron chi connectivity index (χ2n) is 2.51. The SMILES string of the molecule is CC/C=C(\NCCC)C(C)=O. The number of allylic oxidation sites excluding steroid dienone is 2. The van der Waals surface area contributed by atoms with Crippen LogP contribution < -0.4 is 5.32 Å². The lowest BCUT2D eigenvalue weighted by molar-refractivity contribution is -0.114. The molecule has 0 amide bonds. The van der Waals surface area contributed by atoms with Crippen molar-refractivity contribution >= 4 is 5.78 Å². The molecule has 0 bridgehead atoms. The summed E-state index contributed by atoms with van der Waals surface area (Å²) in [6.45, 7) is 6.57. The third-order valence-electron chi connectivity index (χ3n) is 1.35. The van der Waals surface area contributed by atoms with E-state index in [0.29, 0.717) is 0 Å². The zero-order valence-electron chi connectivity index (χ0n) is 7.61. The lowest BCUT2D eigenvalue weighted by atomic mass is 10.2. The molecule has 0 unspecified atom stereocenters. The van der Waals surface area contributed by atoms with Crippen molar-refractivity contribution in [3.05, 3.63) is 11.8 Å². The van der Waals surface area contributed by atoms with E-state index in [0.717, 1.165) is 25.1 Å². The maximum atomic E-state index is 10.9. The Labute approximate surface area is 68.7 Å². The first-order chi connectivity index (χ1) is 5.22. The van der Waals surface area contributed by atoms with Crippen LogP contribution in [0.5, 0.6) is 0 Å². The van der Waals surface area contributed by atoms with E-state index in [-0.39, 0.29) is 5.78 Å². The number of hydrogen-bond acceptors (Lipinski definition) is 2. The number of hydrogen-bond donors (Lipinski definition) is 1. The van der Waals surface area contributed by atoms with Gasteiger partial charge in [0, 0.05) is 13.5 Å². The summed E-state index contributed by atoms with van der Waals surface area (Å²) < 4.78 is 0. The lowest BCUT2D eigenvalue weighted by Gasteiger charge is -2.05. The van der Waals surface area contributed by atoms with Crippen LogP contribution in [0.15, 0.2) is 11.8 Å². The molecule has 1 N–H and O–H groups in total. The summed E-state index contributed by atoms with van der Waals surface area (Å²) in [5.74, 6) is 0.125. The molecule has 0 aromatic heterocycles. The van der Waals surface area contributed by atoms with E-state index in [1.807, 2.05) is 13.0 Å². The molecule has 11 heavy (non-hydrogen) atoms. The van der Waals surface area contributed by atoms with E-state index in [2.05, 4.69) is 12.2 Å². The summed E-state index contributed by atoms with van der Waals surface area (Å²) in [7, 11) is 0. The van der Waals surface area contributed by atoms with Crippen molar-refractivity contribution in [2.24, 2.45) is 0 Å². The van der Waals surface area contributed by atoms with E-state index in [9.17, 15) is 4.79 Å². The highest BCUT2D eigenvalue weighted by Gasteiger charge is 1.99. The third-order valence-corrected chi connectivity index (χ3v) is 1.35. The van der Waals surface area contributed by atoms with Crippen LogP contribution in [0.2, 0.25) is 0 Å². The molecule has 0 atom stereocenters. The van der Waals surface area contributed by atoms with Crippen LogP contribution in [0.1, 0.15) is 33.6 Å². The Balaban J connectivity index is 3.90. The van der Waals surface area contributed by atoms with Crippen LogP contribution in [-0.4, -0.2) is 12.3 Å². The molecule has 0 radical (unpaired) electrons. The molecule has 0 aliphatic carbocycles. The zero-order valence-corrected chi connectivity index (χ0v) is 7.61. The minimum Gasteiger partial charge on any atom is -0.382 e. The van der Waals surface area contributed by atoms with Crippen LogP contribution in [0.4, 0.5) is 0 Å². The highest BCUT2D eigenvalue weighted by Crippen LogP contribution is 1.93. The van der Waals surface area contributed by atoms with Crippen LogP contribution in [0.25, 0.3) is 0 Å². The van der Waals surface area contributed by atoms with Crippen LogP contribution >= 0.6 is 0 Å². The molecule has 2 nitrogen and oxygen atoms in total. The van der Waals surface area contributed by atoms with Crippen molar-refractivity contribution < 1.29 is 4.79 Å². The van der Waals surface area contributed by atoms with Gasteiger partial charge in [-0.2, -0.15) is 0 Å². The monoisotopic (exact) mass is 155 g/mol. The molecule has 0 aliphatic heterocycles. The first kappa shape index (κ1) is 10.2. The molecule has 64 valence electrons. The first-order valence-corrected chi connectivity index (χ1v) is 4.17. The van der Waals surface area contributed by atoms with Gasteiger partial charge in [-0.1, -0.05) is 19.9 Å². The average Bonchev–Trinajstić information content (AvgIpc) is 1.97. The van der Waals surface area contributed by atoms with Gasteiger partial charge >= 0.3 is 0 Å². The van der Waals surface area contributed by atoms with Gasteiger partial charge in [-0.25, -0.2) is 0 Å². The van der Waals surface area contributed by atoms with Gasteiger partial charge in [0.2, 0.25) is 0 Å². The molecule has 0 aliphatic rings. The Bertz CT molecular complexity index is 150. The Morgan fingerprint density at radius 2 is 2.09 bits per heavy atom. The van der Waals surface area contributed by atoms with Gasteiger partial charge in [0.05, 0.1) is 5.70 Å². The number of carbonyl (C=O) groups is 1. The fraction of sp³-hybridized carbons (Fsp3) is 0.667. The summed E-state index contributed by atoms with van der Waals surface area (Å²) in [6.07, 6.45) is 3.89. The molecular weight excluding hydrogens is 138 g/mol. The summed E-state index contributed by atoms with van der Waals surface area (Å²) in [5.41, 5.74) is 0.759. The molecule has 0 spiro atoms. The largest absolute Gasteiger partial charge is 0.382 e. The summed E-state index contributed by atoms with van der Waals surface area (Å²) in [6, 6.07) is 0. The van der Waals surface area contributed by atoms with Gasteiger partial charge in [-0.05, 0) is 12.8 Å². The molecule has 0 heterocycles. The molecule has 0 rings (SSSR count). The van der Waals surface area contributed by atoms with Crippen LogP contribution in [-0.2, 0) is 4.79 Å². The quantitative estimate of drug-likeness (QED) is 0.614. The predicted molar refractivity (Wildman–Crippen MR) is 47.3 cm³/mol. The Hall–Kier alpha value is -0.790. The Morgan fingerprint density at radius 1 is 1.45 bits per heavy atom. The van der Waals surface area contributed by atoms with E-state index in [1.54, 1.807) is 6.92 Å². The normalized spacial score (nSPS) is 11.4. The summed E-state index contributed by atoms with van der Waals surface area (Å²) in [5, 5.41) is 3.08. The lowest BCUT2D eigenvalue weighted by Crippen LogP contribution is -2.19. The molecule has 2 heteroatoms. The van der Waals surface area contributed by atoms with E-state index < -0.39 is 0 Å². The van der Waals surface area contributed by atoms with Crippen molar-refractivity contribution in [2.75, 3.05) is 6.54 Å². The standard InChI is InChI=1S/C9H17NO/c1-4-6-9(8(3)11)10-7-5-2/h6,10H,4-5,7H2,1-3H3/b9-6-. The molecular formula is C9H17NO. The van der Waals surface area contributed by atoms with Crippen molar-refractivity contribution in [3.63, 3.8) is 0 Å². The highest BCUT2D eigenvalue weighted by molar-refractivity contribution is 5.92. The number of carbonyl (C=O) groups excluding carboxylic acids is 1. The maximum Gasteiger partial charge on any atom is 0.175 e. The fourth-order valence-corrected chi connectivity index (χ4v) is 0.804. The molecule has 0 fully saturated rings. The summed E-state index contributed by atoms with van der Waals surface area (Å²) >= 11 is 0. The number of rotatable bonds is 5. The molecule has 0 saturated carbocycles. The average molecular weight is 155 g/mol. The van der Waals surface area contributed by atoms with E-state index in [1.165, 1.54) is 0 Å². The summed E-state index contributed by atoms with van der Waals surface area (Å²) in [4.78, 5) is 10.9. The predicted octanol–water partition coefficient (Wildman–Crippen LogP) is 1.87. The van der Waals surface area contributed by atoms with Crippen molar-refractivity contribution in [2.45, 2.75) is 33.6 Å². The maximum absolute atomic E-state index is 10.9. The molecule has 0 aromatic carbocycles. The number of ketones is 1. The smallest absolute Gasteiger partial charge is 0.175 e.